The van der Waals surface area contributed by atoms with E-state index in [-0.39, 0.29) is 18.4 Å². The van der Waals surface area contributed by atoms with E-state index in [9.17, 15) is 9.59 Å². The van der Waals surface area contributed by atoms with E-state index in [1.807, 2.05) is 49.4 Å². The van der Waals surface area contributed by atoms with Crippen LogP contribution in [0, 0.1) is 6.92 Å². The highest BCUT2D eigenvalue weighted by Gasteiger charge is 2.17. The van der Waals surface area contributed by atoms with E-state index in [4.69, 9.17) is 11.6 Å². The summed E-state index contributed by atoms with van der Waals surface area (Å²) < 4.78 is 0. The van der Waals surface area contributed by atoms with Gasteiger partial charge in [0, 0.05) is 24.2 Å². The predicted octanol–water partition coefficient (Wildman–Crippen LogP) is 3.32. The molecule has 0 unspecified atom stereocenters. The van der Waals surface area contributed by atoms with E-state index in [1.165, 1.54) is 11.8 Å². The van der Waals surface area contributed by atoms with E-state index < -0.39 is 0 Å². The van der Waals surface area contributed by atoms with Gasteiger partial charge in [0.05, 0.1) is 0 Å². The zero-order chi connectivity index (χ0) is 16.8. The molecule has 0 aliphatic carbocycles. The Balaban J connectivity index is 2.03. The second-order valence-corrected chi connectivity index (χ2v) is 5.67. The van der Waals surface area contributed by atoms with Crippen molar-refractivity contribution in [2.24, 2.45) is 0 Å². The normalized spacial score (nSPS) is 10.2. The minimum Gasteiger partial charge on any atom is -0.350 e. The first-order valence-electron chi connectivity index (χ1n) is 7.33. The summed E-state index contributed by atoms with van der Waals surface area (Å²) in [5.74, 6) is -0.407. The average molecular weight is 331 g/mol. The van der Waals surface area contributed by atoms with Crippen LogP contribution in [0.5, 0.6) is 0 Å². The Morgan fingerprint density at radius 3 is 2.39 bits per heavy atom. The number of nitrogens with zero attached hydrogens (tertiary/aromatic N) is 1. The number of para-hydroxylation sites is 1. The molecule has 2 rings (SSSR count). The molecule has 5 heteroatoms. The molecule has 0 saturated heterocycles. The summed E-state index contributed by atoms with van der Waals surface area (Å²) in [6.45, 7) is 3.67. The number of rotatable bonds is 5. The fourth-order valence-corrected chi connectivity index (χ4v) is 2.47. The predicted molar refractivity (Wildman–Crippen MR) is 92.5 cm³/mol. The number of carbonyl (C=O) groups is 2. The average Bonchev–Trinajstić information content (AvgIpc) is 2.52. The number of halogens is 1. The molecule has 0 saturated carbocycles. The minimum absolute atomic E-state index is 0.0232. The van der Waals surface area contributed by atoms with Crippen LogP contribution in [-0.4, -0.2) is 18.4 Å². The summed E-state index contributed by atoms with van der Waals surface area (Å²) in [5, 5.41) is 3.40. The molecule has 0 aromatic heterocycles. The van der Waals surface area contributed by atoms with Crippen molar-refractivity contribution in [2.45, 2.75) is 20.4 Å². The van der Waals surface area contributed by atoms with Gasteiger partial charge in [-0.3, -0.25) is 9.59 Å². The molecule has 1 N–H and O–H groups in total. The summed E-state index contributed by atoms with van der Waals surface area (Å²) in [6, 6.07) is 14.8. The van der Waals surface area contributed by atoms with Gasteiger partial charge in [-0.25, -0.2) is 0 Å². The molecular weight excluding hydrogens is 312 g/mol. The number of anilines is 1. The number of nitrogens with one attached hydrogen (secondary N) is 1. The quantitative estimate of drug-likeness (QED) is 0.914. The molecule has 0 bridgehead atoms. The van der Waals surface area contributed by atoms with E-state index in [0.717, 1.165) is 16.8 Å². The fourth-order valence-electron chi connectivity index (χ4n) is 2.27. The molecule has 0 aliphatic rings. The van der Waals surface area contributed by atoms with Gasteiger partial charge in [0.15, 0.2) is 0 Å². The Morgan fingerprint density at radius 1 is 1.09 bits per heavy atom. The smallest absolute Gasteiger partial charge is 0.240 e. The summed E-state index contributed by atoms with van der Waals surface area (Å²) in [4.78, 5) is 25.5. The zero-order valence-corrected chi connectivity index (χ0v) is 13.9. The van der Waals surface area contributed by atoms with Crippen molar-refractivity contribution in [3.8, 4) is 0 Å². The Kier molecular flexibility index (Phi) is 5.77. The number of hydrogen-bond donors (Lipinski definition) is 1. The van der Waals surface area contributed by atoms with Gasteiger partial charge >= 0.3 is 0 Å². The maximum Gasteiger partial charge on any atom is 0.240 e. The third-order valence-corrected chi connectivity index (χ3v) is 3.89. The lowest BCUT2D eigenvalue weighted by Crippen LogP contribution is -2.40. The number of amides is 2. The second-order valence-electron chi connectivity index (χ2n) is 5.26. The van der Waals surface area contributed by atoms with Crippen molar-refractivity contribution in [3.63, 3.8) is 0 Å². The summed E-state index contributed by atoms with van der Waals surface area (Å²) in [7, 11) is 0. The van der Waals surface area contributed by atoms with Crippen LogP contribution in [-0.2, 0) is 16.1 Å². The van der Waals surface area contributed by atoms with Crippen molar-refractivity contribution in [1.82, 2.24) is 5.32 Å². The minimum atomic E-state index is -0.233. The number of carbonyl (C=O) groups excluding carboxylic acids is 2. The van der Waals surface area contributed by atoms with E-state index >= 15 is 0 Å². The Labute approximate surface area is 141 Å². The van der Waals surface area contributed by atoms with Crippen molar-refractivity contribution < 1.29 is 9.59 Å². The lowest BCUT2D eigenvalue weighted by atomic mass is 10.1. The third kappa shape index (κ3) is 4.57. The second kappa shape index (κ2) is 7.79. The molecular formula is C18H19ClN2O2. The van der Waals surface area contributed by atoms with Crippen LogP contribution in [0.4, 0.5) is 5.69 Å². The van der Waals surface area contributed by atoms with Gasteiger partial charge in [-0.1, -0.05) is 48.0 Å². The van der Waals surface area contributed by atoms with Crippen molar-refractivity contribution in [3.05, 3.63) is 64.7 Å². The highest BCUT2D eigenvalue weighted by atomic mass is 35.5. The molecule has 2 amide bonds. The molecule has 0 radical (unpaired) electrons. The van der Waals surface area contributed by atoms with Crippen LogP contribution >= 0.6 is 11.6 Å². The zero-order valence-electron chi connectivity index (χ0n) is 13.2. The van der Waals surface area contributed by atoms with Gasteiger partial charge in [0.25, 0.3) is 0 Å². The first-order valence-corrected chi connectivity index (χ1v) is 7.70. The molecule has 0 spiro atoms. The maximum absolute atomic E-state index is 12.2. The molecule has 2 aromatic carbocycles. The Bertz CT molecular complexity index is 716. The van der Waals surface area contributed by atoms with Crippen LogP contribution in [0.25, 0.3) is 0 Å². The number of aryl methyl sites for hydroxylation is 1. The van der Waals surface area contributed by atoms with Crippen LogP contribution < -0.4 is 10.2 Å². The highest BCUT2D eigenvalue weighted by molar-refractivity contribution is 6.31. The number of benzene rings is 2. The first kappa shape index (κ1) is 17.0. The lowest BCUT2D eigenvalue weighted by Gasteiger charge is -2.22. The van der Waals surface area contributed by atoms with E-state index in [1.54, 1.807) is 6.07 Å². The standard InChI is InChI=1S/C18H19ClN2O2/c1-13-7-3-6-10-17(13)21(14(2)22)12-18(23)20-11-15-8-4-5-9-16(15)19/h3-10H,11-12H2,1-2H3,(H,20,23). The highest BCUT2D eigenvalue weighted by Crippen LogP contribution is 2.19. The first-order chi connectivity index (χ1) is 11.0. The SMILES string of the molecule is CC(=O)N(CC(=O)NCc1ccccc1Cl)c1ccccc1C. The van der Waals surface area contributed by atoms with Gasteiger partial charge in [0.1, 0.15) is 6.54 Å². The summed E-state index contributed by atoms with van der Waals surface area (Å²) in [5.41, 5.74) is 2.53. The van der Waals surface area contributed by atoms with Crippen molar-refractivity contribution >= 4 is 29.1 Å². The van der Waals surface area contributed by atoms with Gasteiger partial charge in [0.2, 0.25) is 11.8 Å². The van der Waals surface area contributed by atoms with Crippen molar-refractivity contribution in [1.29, 1.82) is 0 Å². The van der Waals surface area contributed by atoms with Crippen LogP contribution in [0.15, 0.2) is 48.5 Å². The number of hydrogen-bond acceptors (Lipinski definition) is 2. The molecule has 23 heavy (non-hydrogen) atoms. The van der Waals surface area contributed by atoms with Gasteiger partial charge in [-0.05, 0) is 30.2 Å². The molecule has 0 aliphatic heterocycles. The van der Waals surface area contributed by atoms with Gasteiger partial charge in [-0.2, -0.15) is 0 Å². The topological polar surface area (TPSA) is 49.4 Å². The van der Waals surface area contributed by atoms with Crippen LogP contribution in [0.1, 0.15) is 18.1 Å². The third-order valence-electron chi connectivity index (χ3n) is 3.52. The van der Waals surface area contributed by atoms with Crippen LogP contribution in [0.2, 0.25) is 5.02 Å². The molecule has 2 aromatic rings. The molecule has 0 fully saturated rings. The van der Waals surface area contributed by atoms with Gasteiger partial charge in [-0.15, -0.1) is 0 Å². The maximum atomic E-state index is 12.2. The van der Waals surface area contributed by atoms with Gasteiger partial charge < -0.3 is 10.2 Å². The molecule has 0 heterocycles. The van der Waals surface area contributed by atoms with Crippen molar-refractivity contribution in [2.75, 3.05) is 11.4 Å². The van der Waals surface area contributed by atoms with E-state index in [0.29, 0.717) is 11.6 Å². The largest absolute Gasteiger partial charge is 0.350 e. The Morgan fingerprint density at radius 2 is 1.74 bits per heavy atom. The summed E-state index contributed by atoms with van der Waals surface area (Å²) >= 11 is 6.06. The molecule has 0 atom stereocenters. The monoisotopic (exact) mass is 330 g/mol. The lowest BCUT2D eigenvalue weighted by molar-refractivity contribution is -0.123. The Hall–Kier alpha value is -2.33. The molecule has 120 valence electrons. The summed E-state index contributed by atoms with van der Waals surface area (Å²) in [6.07, 6.45) is 0. The fraction of sp³-hybridized carbons (Fsp3) is 0.222. The molecule has 4 nitrogen and oxygen atoms in total. The van der Waals surface area contributed by atoms with Crippen LogP contribution in [0.3, 0.4) is 0 Å². The van der Waals surface area contributed by atoms with E-state index in [2.05, 4.69) is 5.32 Å².